The van der Waals surface area contributed by atoms with E-state index in [0.29, 0.717) is 11.1 Å². The molecule has 0 aliphatic heterocycles. The summed E-state index contributed by atoms with van der Waals surface area (Å²) in [5.41, 5.74) is 13.0. The number of rotatable bonds is 3. The van der Waals surface area contributed by atoms with Gasteiger partial charge in [-0.1, -0.05) is 25.6 Å². The van der Waals surface area contributed by atoms with Crippen molar-refractivity contribution in [1.82, 2.24) is 0 Å². The molecule has 2 aromatic rings. The van der Waals surface area contributed by atoms with Gasteiger partial charge in [0.15, 0.2) is 0 Å². The average molecular weight is 288 g/mol. The Morgan fingerprint density at radius 3 is 1.86 bits per heavy atom. The highest BCUT2D eigenvalue weighted by Crippen LogP contribution is 2.32. The summed E-state index contributed by atoms with van der Waals surface area (Å²) < 4.78 is 0. The van der Waals surface area contributed by atoms with E-state index in [4.69, 9.17) is 21.7 Å². The molecule has 6 nitrogen and oxygen atoms in total. The van der Waals surface area contributed by atoms with E-state index in [2.05, 4.69) is 0 Å². The van der Waals surface area contributed by atoms with Crippen LogP contribution in [0.2, 0.25) is 0 Å². The zero-order chi connectivity index (χ0) is 14.9. The van der Waals surface area contributed by atoms with Crippen molar-refractivity contribution in [3.05, 3.63) is 47.5 Å². The van der Waals surface area contributed by atoms with Crippen LogP contribution in [-0.4, -0.2) is 22.2 Å². The molecule has 6 N–H and O–H groups in total. The number of carbonyl (C=O) groups is 2. The normalized spacial score (nSPS) is 9.71. The van der Waals surface area contributed by atoms with Crippen LogP contribution in [0.15, 0.2) is 36.4 Å². The van der Waals surface area contributed by atoms with Crippen molar-refractivity contribution < 1.29 is 19.8 Å². The fourth-order valence-corrected chi connectivity index (χ4v) is 1.87. The van der Waals surface area contributed by atoms with Gasteiger partial charge < -0.3 is 21.7 Å². The van der Waals surface area contributed by atoms with Gasteiger partial charge in [0.2, 0.25) is 0 Å². The van der Waals surface area contributed by atoms with E-state index in [-0.39, 0.29) is 29.9 Å². The van der Waals surface area contributed by atoms with Crippen molar-refractivity contribution in [2.45, 2.75) is 7.43 Å². The molecule has 0 aromatic heterocycles. The molecule has 0 unspecified atom stereocenters. The van der Waals surface area contributed by atoms with Crippen molar-refractivity contribution in [1.29, 1.82) is 0 Å². The summed E-state index contributed by atoms with van der Waals surface area (Å²) in [7, 11) is 0. The minimum Gasteiger partial charge on any atom is -0.478 e. The van der Waals surface area contributed by atoms with Crippen LogP contribution in [0.1, 0.15) is 28.1 Å². The van der Waals surface area contributed by atoms with Crippen LogP contribution in [0.5, 0.6) is 0 Å². The molecule has 21 heavy (non-hydrogen) atoms. The molecule has 0 atom stereocenters. The summed E-state index contributed by atoms with van der Waals surface area (Å²) in [6, 6.07) is 8.99. The van der Waals surface area contributed by atoms with Gasteiger partial charge in [0.25, 0.3) is 0 Å². The lowest BCUT2D eigenvalue weighted by atomic mass is 9.99. The standard InChI is InChI=1S/C14H12N2O4.CH4/c15-11-9(5-6-10(12(11)16)14(19)20)7-1-3-8(4-2-7)13(17)18;/h1-6H,15-16H2,(H,17,18)(H,19,20);1H4. The van der Waals surface area contributed by atoms with Gasteiger partial charge in [-0.15, -0.1) is 0 Å². The Bertz CT molecular complexity index is 694. The molecular formula is C15H16N2O4. The molecule has 0 saturated heterocycles. The van der Waals surface area contributed by atoms with Gasteiger partial charge in [0.05, 0.1) is 22.5 Å². The predicted octanol–water partition coefficient (Wildman–Crippen LogP) is 2.55. The van der Waals surface area contributed by atoms with Crippen molar-refractivity contribution in [2.75, 3.05) is 11.5 Å². The zero-order valence-corrected chi connectivity index (χ0v) is 10.3. The van der Waals surface area contributed by atoms with Crippen LogP contribution >= 0.6 is 0 Å². The van der Waals surface area contributed by atoms with E-state index < -0.39 is 11.9 Å². The monoisotopic (exact) mass is 288 g/mol. The quantitative estimate of drug-likeness (QED) is 0.643. The first-order valence-electron chi connectivity index (χ1n) is 5.66. The highest BCUT2D eigenvalue weighted by Gasteiger charge is 2.14. The molecule has 0 amide bonds. The molecule has 0 aliphatic rings. The molecule has 2 aromatic carbocycles. The van der Waals surface area contributed by atoms with Crippen molar-refractivity contribution in [3.8, 4) is 11.1 Å². The molecular weight excluding hydrogens is 272 g/mol. The third-order valence-electron chi connectivity index (χ3n) is 2.96. The Morgan fingerprint density at radius 2 is 1.38 bits per heavy atom. The van der Waals surface area contributed by atoms with Crippen LogP contribution < -0.4 is 11.5 Å². The van der Waals surface area contributed by atoms with Crippen LogP contribution in [0, 0.1) is 0 Å². The topological polar surface area (TPSA) is 127 Å². The Morgan fingerprint density at radius 1 is 0.810 bits per heavy atom. The Hall–Kier alpha value is -3.02. The van der Waals surface area contributed by atoms with E-state index in [0.717, 1.165) is 0 Å². The summed E-state index contributed by atoms with van der Waals surface area (Å²) in [6.45, 7) is 0. The second-order valence-electron chi connectivity index (χ2n) is 4.18. The van der Waals surface area contributed by atoms with Gasteiger partial charge in [-0.05, 0) is 23.8 Å². The number of benzene rings is 2. The molecule has 0 aliphatic carbocycles. The first-order valence-corrected chi connectivity index (χ1v) is 5.66. The molecule has 0 radical (unpaired) electrons. The number of anilines is 2. The first kappa shape index (κ1) is 16.0. The zero-order valence-electron chi connectivity index (χ0n) is 10.3. The molecule has 0 bridgehead atoms. The molecule has 0 heterocycles. The summed E-state index contributed by atoms with van der Waals surface area (Å²) in [5, 5.41) is 17.8. The van der Waals surface area contributed by atoms with Crippen LogP contribution in [0.3, 0.4) is 0 Å². The van der Waals surface area contributed by atoms with E-state index in [1.165, 1.54) is 18.2 Å². The lowest BCUT2D eigenvalue weighted by Crippen LogP contribution is -2.06. The Kier molecular flexibility index (Phi) is 4.55. The van der Waals surface area contributed by atoms with Crippen LogP contribution in [0.4, 0.5) is 11.4 Å². The third-order valence-corrected chi connectivity index (χ3v) is 2.96. The number of aromatic carboxylic acids is 2. The summed E-state index contributed by atoms with van der Waals surface area (Å²) in [4.78, 5) is 21.7. The number of hydrogen-bond donors (Lipinski definition) is 4. The highest BCUT2D eigenvalue weighted by molar-refractivity contribution is 6.00. The molecule has 6 heteroatoms. The SMILES string of the molecule is C.Nc1c(C(=O)O)ccc(-c2ccc(C(=O)O)cc2)c1N. The van der Waals surface area contributed by atoms with E-state index in [1.54, 1.807) is 18.2 Å². The van der Waals surface area contributed by atoms with Gasteiger partial charge in [-0.25, -0.2) is 9.59 Å². The second kappa shape index (κ2) is 5.96. The summed E-state index contributed by atoms with van der Waals surface area (Å²) in [5.74, 6) is -2.17. The van der Waals surface area contributed by atoms with Gasteiger partial charge in [0, 0.05) is 5.56 Å². The first-order chi connectivity index (χ1) is 9.41. The number of carboxylic acid groups (broad SMARTS) is 2. The summed E-state index contributed by atoms with van der Waals surface area (Å²) >= 11 is 0. The maximum atomic E-state index is 10.9. The number of nitrogen functional groups attached to an aromatic ring is 2. The maximum Gasteiger partial charge on any atom is 0.337 e. The van der Waals surface area contributed by atoms with E-state index >= 15 is 0 Å². The minimum absolute atomic E-state index is 0. The lowest BCUT2D eigenvalue weighted by molar-refractivity contribution is 0.0686. The second-order valence-corrected chi connectivity index (χ2v) is 4.18. The van der Waals surface area contributed by atoms with E-state index in [1.807, 2.05) is 0 Å². The molecule has 0 saturated carbocycles. The fraction of sp³-hybridized carbons (Fsp3) is 0.0667. The van der Waals surface area contributed by atoms with Crippen LogP contribution in [-0.2, 0) is 0 Å². The van der Waals surface area contributed by atoms with Crippen LogP contribution in [0.25, 0.3) is 11.1 Å². The van der Waals surface area contributed by atoms with Gasteiger partial charge >= 0.3 is 11.9 Å². The fourth-order valence-electron chi connectivity index (χ4n) is 1.87. The molecule has 0 fully saturated rings. The van der Waals surface area contributed by atoms with E-state index in [9.17, 15) is 9.59 Å². The highest BCUT2D eigenvalue weighted by atomic mass is 16.4. The van der Waals surface area contributed by atoms with Crippen molar-refractivity contribution >= 4 is 23.3 Å². The predicted molar refractivity (Wildman–Crippen MR) is 81.4 cm³/mol. The number of hydrogen-bond acceptors (Lipinski definition) is 4. The maximum absolute atomic E-state index is 10.9. The summed E-state index contributed by atoms with van der Waals surface area (Å²) in [6.07, 6.45) is 0. The number of carboxylic acids is 2. The Labute approximate surface area is 121 Å². The molecule has 110 valence electrons. The minimum atomic E-state index is -1.15. The molecule has 2 rings (SSSR count). The van der Waals surface area contributed by atoms with Crippen molar-refractivity contribution in [3.63, 3.8) is 0 Å². The average Bonchev–Trinajstić information content (AvgIpc) is 2.41. The van der Waals surface area contributed by atoms with Gasteiger partial charge in [-0.3, -0.25) is 0 Å². The van der Waals surface area contributed by atoms with Gasteiger partial charge in [-0.2, -0.15) is 0 Å². The third kappa shape index (κ3) is 2.94. The molecule has 0 spiro atoms. The smallest absolute Gasteiger partial charge is 0.337 e. The number of nitrogens with two attached hydrogens (primary N) is 2. The van der Waals surface area contributed by atoms with Gasteiger partial charge in [0.1, 0.15) is 0 Å². The lowest BCUT2D eigenvalue weighted by Gasteiger charge is -2.11. The van der Waals surface area contributed by atoms with Crippen molar-refractivity contribution in [2.24, 2.45) is 0 Å². The largest absolute Gasteiger partial charge is 0.478 e. The Balaban J connectivity index is 0.00000220.